The van der Waals surface area contributed by atoms with Crippen molar-refractivity contribution in [3.8, 4) is 6.07 Å². The van der Waals surface area contributed by atoms with Gasteiger partial charge in [0.1, 0.15) is 17.1 Å². The van der Waals surface area contributed by atoms with Crippen molar-refractivity contribution in [2.24, 2.45) is 18.1 Å². The smallest absolute Gasteiger partial charge is 0.368 e. The SMILES string of the molecule is Cn1cc2cc(N3N=c4c(C#N)cn(CC5CC5)c4=C(c4ccc(C(F)(F)F)nc4)C3O)ccc2n1. The Morgan fingerprint density at radius 2 is 1.97 bits per heavy atom. The van der Waals surface area contributed by atoms with E-state index in [9.17, 15) is 23.5 Å². The minimum atomic E-state index is -4.58. The van der Waals surface area contributed by atoms with E-state index in [1.165, 1.54) is 11.1 Å². The summed E-state index contributed by atoms with van der Waals surface area (Å²) < 4.78 is 43.1. The van der Waals surface area contributed by atoms with Gasteiger partial charge in [-0.1, -0.05) is 6.07 Å². The first kappa shape index (κ1) is 22.3. The first-order valence-electron chi connectivity index (χ1n) is 11.4. The van der Waals surface area contributed by atoms with E-state index >= 15 is 0 Å². The topological polar surface area (TPSA) is 95.3 Å². The van der Waals surface area contributed by atoms with Crippen molar-refractivity contribution in [3.63, 3.8) is 0 Å². The quantitative estimate of drug-likeness (QED) is 0.474. The number of aliphatic hydroxyl groups is 1. The summed E-state index contributed by atoms with van der Waals surface area (Å²) in [6.07, 6.45) is 0.845. The van der Waals surface area contributed by atoms with Gasteiger partial charge in [-0.25, -0.2) is 5.01 Å². The second-order valence-electron chi connectivity index (χ2n) is 9.16. The number of benzene rings is 1. The van der Waals surface area contributed by atoms with E-state index in [1.807, 2.05) is 16.8 Å². The molecule has 3 aromatic heterocycles. The molecule has 2 aliphatic rings. The van der Waals surface area contributed by atoms with Gasteiger partial charge < -0.3 is 9.67 Å². The van der Waals surface area contributed by atoms with E-state index in [0.29, 0.717) is 45.6 Å². The molecule has 0 amide bonds. The fourth-order valence-electron chi connectivity index (χ4n) is 4.62. The lowest BCUT2D eigenvalue weighted by Gasteiger charge is -2.30. The normalized spacial score (nSPS) is 17.7. The lowest BCUT2D eigenvalue weighted by atomic mass is 10.0. The average Bonchev–Trinajstić information content (AvgIpc) is 3.48. The molecular formula is C25H20F3N7O. The number of aryl methyl sites for hydroxylation is 1. The fourth-order valence-corrected chi connectivity index (χ4v) is 4.62. The number of rotatable bonds is 4. The van der Waals surface area contributed by atoms with Crippen LogP contribution in [0.5, 0.6) is 0 Å². The van der Waals surface area contributed by atoms with Crippen LogP contribution in [0.4, 0.5) is 18.9 Å². The number of aromatic nitrogens is 4. The zero-order valence-electron chi connectivity index (χ0n) is 19.1. The fraction of sp³-hybridized carbons (Fsp3) is 0.280. The summed E-state index contributed by atoms with van der Waals surface area (Å²) in [5, 5.41) is 33.5. The molecule has 1 fully saturated rings. The molecule has 1 N–H and O–H groups in total. The maximum Gasteiger partial charge on any atom is 0.433 e. The van der Waals surface area contributed by atoms with Crippen molar-refractivity contribution in [2.45, 2.75) is 31.8 Å². The first-order valence-corrected chi connectivity index (χ1v) is 11.4. The van der Waals surface area contributed by atoms with Gasteiger partial charge >= 0.3 is 6.18 Å². The zero-order valence-corrected chi connectivity index (χ0v) is 19.1. The Morgan fingerprint density at radius 3 is 2.64 bits per heavy atom. The molecule has 8 nitrogen and oxygen atoms in total. The van der Waals surface area contributed by atoms with Crippen LogP contribution in [0.3, 0.4) is 0 Å². The lowest BCUT2D eigenvalue weighted by Crippen LogP contribution is -2.48. The van der Waals surface area contributed by atoms with Gasteiger partial charge in [0.15, 0.2) is 6.23 Å². The maximum atomic E-state index is 13.2. The molecule has 11 heteroatoms. The Kier molecular flexibility index (Phi) is 4.91. The minimum absolute atomic E-state index is 0.318. The summed E-state index contributed by atoms with van der Waals surface area (Å²) in [5.41, 5.74) is 1.27. The predicted octanol–water partition coefficient (Wildman–Crippen LogP) is 2.64. The molecule has 1 unspecified atom stereocenters. The van der Waals surface area contributed by atoms with E-state index in [0.717, 1.165) is 36.0 Å². The largest absolute Gasteiger partial charge is 0.433 e. The van der Waals surface area contributed by atoms with Gasteiger partial charge in [0, 0.05) is 48.7 Å². The van der Waals surface area contributed by atoms with Crippen LogP contribution in [0, 0.1) is 17.2 Å². The number of halogens is 3. The van der Waals surface area contributed by atoms with Crippen LogP contribution in [0.15, 0.2) is 54.0 Å². The van der Waals surface area contributed by atoms with E-state index in [2.05, 4.69) is 21.3 Å². The molecule has 1 saturated carbocycles. The van der Waals surface area contributed by atoms with E-state index in [1.54, 1.807) is 30.1 Å². The average molecular weight is 491 g/mol. The minimum Gasteiger partial charge on any atom is -0.368 e. The molecule has 1 aliphatic heterocycles. The Labute approximate surface area is 202 Å². The number of alkyl halides is 3. The number of hydrogen-bond donors (Lipinski definition) is 1. The highest BCUT2D eigenvalue weighted by Gasteiger charge is 2.34. The number of anilines is 1. The Hall–Kier alpha value is -4.17. The van der Waals surface area contributed by atoms with Crippen LogP contribution in [-0.2, 0) is 19.8 Å². The molecule has 4 heterocycles. The summed E-state index contributed by atoms with van der Waals surface area (Å²) in [4.78, 5) is 3.61. The molecule has 0 saturated heterocycles. The second kappa shape index (κ2) is 7.93. The van der Waals surface area contributed by atoms with Crippen molar-refractivity contribution in [1.82, 2.24) is 19.3 Å². The van der Waals surface area contributed by atoms with Crippen LogP contribution in [-0.4, -0.2) is 30.7 Å². The van der Waals surface area contributed by atoms with Gasteiger partial charge in [-0.3, -0.25) is 9.67 Å². The number of fused-ring (bicyclic) bond motifs is 2. The molecule has 0 radical (unpaired) electrons. The summed E-state index contributed by atoms with van der Waals surface area (Å²) in [6, 6.07) is 9.73. The number of nitrogens with zero attached hydrogens (tertiary/aromatic N) is 7. The number of pyridine rings is 1. The van der Waals surface area contributed by atoms with Crippen LogP contribution in [0.25, 0.3) is 16.5 Å². The molecule has 0 spiro atoms. The summed E-state index contributed by atoms with van der Waals surface area (Å²) >= 11 is 0. The molecule has 182 valence electrons. The first-order chi connectivity index (χ1) is 17.2. The highest BCUT2D eigenvalue weighted by Crippen LogP contribution is 2.32. The van der Waals surface area contributed by atoms with Gasteiger partial charge in [0.05, 0.1) is 22.1 Å². The molecule has 4 aromatic rings. The summed E-state index contributed by atoms with van der Waals surface area (Å²) in [7, 11) is 1.80. The Balaban J connectivity index is 1.58. The third-order valence-electron chi connectivity index (χ3n) is 6.51. The monoisotopic (exact) mass is 491 g/mol. The van der Waals surface area contributed by atoms with Crippen molar-refractivity contribution < 1.29 is 18.3 Å². The Bertz CT molecular complexity index is 1660. The van der Waals surface area contributed by atoms with E-state index in [4.69, 9.17) is 0 Å². The molecular weight excluding hydrogens is 471 g/mol. The maximum absolute atomic E-state index is 13.2. The molecule has 0 bridgehead atoms. The van der Waals surface area contributed by atoms with Crippen molar-refractivity contribution in [3.05, 3.63) is 76.4 Å². The van der Waals surface area contributed by atoms with E-state index < -0.39 is 18.1 Å². The standard InChI is InChI=1S/C25H20F3N7O/c1-33-12-16-8-18(5-6-19(16)31-33)35-24(36)21(15-4-7-20(30-10-15)25(26,27)28)23-22(32-35)17(9-29)13-34(23)11-14-2-3-14/h4-8,10,12-14,24,36H,2-3,11H2,1H3. The third kappa shape index (κ3) is 3.70. The van der Waals surface area contributed by atoms with Gasteiger partial charge in [0.2, 0.25) is 0 Å². The predicted molar refractivity (Wildman–Crippen MR) is 124 cm³/mol. The molecule has 6 rings (SSSR count). The number of aliphatic hydroxyl groups excluding tert-OH is 1. The highest BCUT2D eigenvalue weighted by molar-refractivity contribution is 5.83. The zero-order chi connectivity index (χ0) is 25.2. The molecule has 1 aliphatic carbocycles. The van der Waals surface area contributed by atoms with Crippen molar-refractivity contribution in [1.29, 1.82) is 5.26 Å². The van der Waals surface area contributed by atoms with Gasteiger partial charge in [-0.2, -0.15) is 28.6 Å². The lowest BCUT2D eigenvalue weighted by molar-refractivity contribution is -0.141. The van der Waals surface area contributed by atoms with Crippen molar-refractivity contribution >= 4 is 22.2 Å². The second-order valence-corrected chi connectivity index (χ2v) is 9.16. The number of hydrogen-bond acceptors (Lipinski definition) is 6. The molecule has 36 heavy (non-hydrogen) atoms. The van der Waals surface area contributed by atoms with Gasteiger partial charge in [-0.15, -0.1) is 0 Å². The van der Waals surface area contributed by atoms with Crippen LogP contribution in [0.2, 0.25) is 0 Å². The van der Waals surface area contributed by atoms with Crippen LogP contribution < -0.4 is 15.7 Å². The Morgan fingerprint density at radius 1 is 1.17 bits per heavy atom. The summed E-state index contributed by atoms with van der Waals surface area (Å²) in [6.45, 7) is 0.630. The number of nitriles is 1. The van der Waals surface area contributed by atoms with Gasteiger partial charge in [-0.05, 0) is 43.0 Å². The van der Waals surface area contributed by atoms with Crippen LogP contribution >= 0.6 is 0 Å². The molecule has 1 aromatic carbocycles. The highest BCUT2D eigenvalue weighted by atomic mass is 19.4. The van der Waals surface area contributed by atoms with Crippen LogP contribution in [0.1, 0.15) is 29.7 Å². The van der Waals surface area contributed by atoms with Crippen molar-refractivity contribution in [2.75, 3.05) is 5.01 Å². The molecule has 1 atom stereocenters. The third-order valence-corrected chi connectivity index (χ3v) is 6.51. The van der Waals surface area contributed by atoms with E-state index in [-0.39, 0.29) is 0 Å². The van der Waals surface area contributed by atoms with Gasteiger partial charge in [0.25, 0.3) is 0 Å². The summed E-state index contributed by atoms with van der Waals surface area (Å²) in [5.74, 6) is 0.447.